The summed E-state index contributed by atoms with van der Waals surface area (Å²) in [4.78, 5) is 35.8. The molecule has 0 N–H and O–H groups in total. The number of ketones is 1. The number of aryl methyl sites for hydroxylation is 1. The molecular formula is C17H19N3O3S. The van der Waals surface area contributed by atoms with Gasteiger partial charge in [-0.15, -0.1) is 11.3 Å². The largest absolute Gasteiger partial charge is 0.464 e. The summed E-state index contributed by atoms with van der Waals surface area (Å²) in [6.07, 6.45) is 2.33. The third-order valence-electron chi connectivity index (χ3n) is 4.09. The monoisotopic (exact) mass is 345 g/mol. The van der Waals surface area contributed by atoms with Crippen LogP contribution in [0.4, 0.5) is 5.95 Å². The first-order valence-corrected chi connectivity index (χ1v) is 8.74. The number of Topliss-reactive ketones (excluding diaryl/α,β-unsaturated/α-hetero) is 1. The lowest BCUT2D eigenvalue weighted by molar-refractivity contribution is 0.0593. The van der Waals surface area contributed by atoms with E-state index in [1.807, 2.05) is 29.3 Å². The van der Waals surface area contributed by atoms with Crippen LogP contribution in [0.1, 0.15) is 45.1 Å². The highest BCUT2D eigenvalue weighted by atomic mass is 32.1. The first-order chi connectivity index (χ1) is 11.6. The minimum Gasteiger partial charge on any atom is -0.464 e. The van der Waals surface area contributed by atoms with E-state index in [-0.39, 0.29) is 17.5 Å². The van der Waals surface area contributed by atoms with Crippen LogP contribution >= 0.6 is 11.3 Å². The summed E-state index contributed by atoms with van der Waals surface area (Å²) in [5, 5.41) is 1.91. The fourth-order valence-corrected chi connectivity index (χ4v) is 3.63. The zero-order chi connectivity index (χ0) is 17.1. The number of nitrogens with zero attached hydrogens (tertiary/aromatic N) is 3. The predicted octanol–water partition coefficient (Wildman–Crippen LogP) is 2.87. The maximum Gasteiger partial charge on any atom is 0.356 e. The molecule has 0 radical (unpaired) electrons. The van der Waals surface area contributed by atoms with Gasteiger partial charge in [0.2, 0.25) is 5.95 Å². The van der Waals surface area contributed by atoms with Gasteiger partial charge in [0.25, 0.3) is 0 Å². The van der Waals surface area contributed by atoms with Gasteiger partial charge in [-0.05, 0) is 37.3 Å². The van der Waals surface area contributed by atoms with Gasteiger partial charge >= 0.3 is 5.97 Å². The van der Waals surface area contributed by atoms with Gasteiger partial charge in [0, 0.05) is 24.7 Å². The van der Waals surface area contributed by atoms with Gasteiger partial charge in [-0.3, -0.25) is 4.79 Å². The molecule has 24 heavy (non-hydrogen) atoms. The van der Waals surface area contributed by atoms with E-state index in [1.54, 1.807) is 6.07 Å². The van der Waals surface area contributed by atoms with Gasteiger partial charge in [-0.2, -0.15) is 0 Å². The minimum atomic E-state index is -0.479. The Morgan fingerprint density at radius 3 is 2.96 bits per heavy atom. The highest BCUT2D eigenvalue weighted by molar-refractivity contribution is 7.12. The molecular weight excluding hydrogens is 326 g/mol. The second-order valence-electron chi connectivity index (χ2n) is 5.78. The highest BCUT2D eigenvalue weighted by Gasteiger charge is 2.30. The van der Waals surface area contributed by atoms with Crippen molar-refractivity contribution in [2.45, 2.75) is 32.2 Å². The molecule has 6 nitrogen and oxygen atoms in total. The highest BCUT2D eigenvalue weighted by Crippen LogP contribution is 2.27. The molecule has 3 rings (SSSR count). The molecule has 1 aliphatic rings. The number of carbonyl (C=O) groups excluding carboxylic acids is 2. The molecule has 1 atom stereocenters. The number of hydrogen-bond acceptors (Lipinski definition) is 7. The van der Waals surface area contributed by atoms with Crippen LogP contribution in [0.15, 0.2) is 23.6 Å². The lowest BCUT2D eigenvalue weighted by atomic mass is 10.1. The van der Waals surface area contributed by atoms with Crippen LogP contribution in [0, 0.1) is 6.92 Å². The number of methoxy groups -OCH3 is 1. The van der Waals surface area contributed by atoms with Crippen LogP contribution in [0.25, 0.3) is 0 Å². The molecule has 7 heteroatoms. The Morgan fingerprint density at radius 2 is 2.25 bits per heavy atom. The average Bonchev–Trinajstić information content (AvgIpc) is 3.25. The number of aromatic nitrogens is 2. The molecule has 0 unspecified atom stereocenters. The Hall–Kier alpha value is -2.28. The van der Waals surface area contributed by atoms with Crippen LogP contribution in [-0.4, -0.2) is 41.4 Å². The molecule has 1 saturated heterocycles. The fourth-order valence-electron chi connectivity index (χ4n) is 2.95. The molecule has 0 aromatic carbocycles. The van der Waals surface area contributed by atoms with E-state index >= 15 is 0 Å². The molecule has 2 aromatic rings. The summed E-state index contributed by atoms with van der Waals surface area (Å²) in [6, 6.07) is 5.41. The molecule has 0 amide bonds. The van der Waals surface area contributed by atoms with E-state index in [4.69, 9.17) is 4.74 Å². The molecule has 0 bridgehead atoms. The van der Waals surface area contributed by atoms with E-state index in [2.05, 4.69) is 9.97 Å². The van der Waals surface area contributed by atoms with Gasteiger partial charge in [0.05, 0.1) is 12.0 Å². The van der Waals surface area contributed by atoms with E-state index < -0.39 is 5.97 Å². The maximum absolute atomic E-state index is 12.4. The van der Waals surface area contributed by atoms with Crippen molar-refractivity contribution in [2.24, 2.45) is 0 Å². The summed E-state index contributed by atoms with van der Waals surface area (Å²) < 4.78 is 4.75. The maximum atomic E-state index is 12.4. The van der Waals surface area contributed by atoms with Gasteiger partial charge in [0.15, 0.2) is 11.5 Å². The summed E-state index contributed by atoms with van der Waals surface area (Å²) >= 11 is 1.46. The molecule has 0 saturated carbocycles. The fraction of sp³-hybridized carbons (Fsp3) is 0.412. The average molecular weight is 345 g/mol. The van der Waals surface area contributed by atoms with Gasteiger partial charge in [-0.25, -0.2) is 14.8 Å². The molecule has 126 valence electrons. The first kappa shape index (κ1) is 16.6. The Balaban J connectivity index is 1.81. The zero-order valence-electron chi connectivity index (χ0n) is 13.7. The summed E-state index contributed by atoms with van der Waals surface area (Å²) in [5.41, 5.74) is 0.950. The molecule has 2 aromatic heterocycles. The van der Waals surface area contributed by atoms with E-state index in [1.165, 1.54) is 18.4 Å². The Bertz CT molecular complexity index is 746. The first-order valence-electron chi connectivity index (χ1n) is 7.86. The van der Waals surface area contributed by atoms with Crippen molar-refractivity contribution < 1.29 is 14.3 Å². The minimum absolute atomic E-state index is 0.0619. The number of thiophene rings is 1. The quantitative estimate of drug-likeness (QED) is 0.613. The standard InChI is InChI=1S/C17H19N3O3S/c1-11-9-13(16(22)23-2)19-17(18-11)20-7-3-5-12(20)10-14(21)15-6-4-8-24-15/h4,6,8-9,12H,3,5,7,10H2,1-2H3/t12-/m0/s1. The van der Waals surface area contributed by atoms with Gasteiger partial charge in [0.1, 0.15) is 0 Å². The van der Waals surface area contributed by atoms with Crippen molar-refractivity contribution >= 4 is 29.0 Å². The van der Waals surface area contributed by atoms with Crippen LogP contribution in [0.5, 0.6) is 0 Å². The Morgan fingerprint density at radius 1 is 1.42 bits per heavy atom. The predicted molar refractivity (Wildman–Crippen MR) is 91.7 cm³/mol. The number of hydrogen-bond donors (Lipinski definition) is 0. The molecule has 1 aliphatic heterocycles. The third kappa shape index (κ3) is 3.46. The van der Waals surface area contributed by atoms with E-state index in [0.717, 1.165) is 24.3 Å². The smallest absolute Gasteiger partial charge is 0.356 e. The number of ether oxygens (including phenoxy) is 1. The second-order valence-corrected chi connectivity index (χ2v) is 6.73. The van der Waals surface area contributed by atoms with Crippen LogP contribution in [0.3, 0.4) is 0 Å². The molecule has 0 aliphatic carbocycles. The van der Waals surface area contributed by atoms with E-state index in [9.17, 15) is 9.59 Å². The number of carbonyl (C=O) groups is 2. The van der Waals surface area contributed by atoms with Gasteiger partial charge < -0.3 is 9.64 Å². The summed E-state index contributed by atoms with van der Waals surface area (Å²) in [7, 11) is 1.33. The third-order valence-corrected chi connectivity index (χ3v) is 5.00. The second kappa shape index (κ2) is 7.09. The SMILES string of the molecule is COC(=O)c1cc(C)nc(N2CCC[C@H]2CC(=O)c2cccs2)n1. The van der Waals surface area contributed by atoms with Crippen molar-refractivity contribution in [3.63, 3.8) is 0 Å². The number of esters is 1. The van der Waals surface area contributed by atoms with Crippen molar-refractivity contribution in [3.8, 4) is 0 Å². The van der Waals surface area contributed by atoms with Crippen molar-refractivity contribution in [1.82, 2.24) is 9.97 Å². The lowest BCUT2D eigenvalue weighted by Gasteiger charge is -2.24. The van der Waals surface area contributed by atoms with Crippen molar-refractivity contribution in [1.29, 1.82) is 0 Å². The topological polar surface area (TPSA) is 72.4 Å². The number of rotatable bonds is 5. The van der Waals surface area contributed by atoms with E-state index in [0.29, 0.717) is 18.1 Å². The Labute approximate surface area is 144 Å². The van der Waals surface area contributed by atoms with Gasteiger partial charge in [-0.1, -0.05) is 6.07 Å². The molecule has 0 spiro atoms. The summed E-state index contributed by atoms with van der Waals surface area (Å²) in [6.45, 7) is 2.60. The van der Waals surface area contributed by atoms with Crippen LogP contribution < -0.4 is 4.90 Å². The number of anilines is 1. The van der Waals surface area contributed by atoms with Crippen LogP contribution in [-0.2, 0) is 4.74 Å². The summed E-state index contributed by atoms with van der Waals surface area (Å²) in [5.74, 6) is 0.159. The zero-order valence-corrected chi connectivity index (χ0v) is 14.5. The molecule has 3 heterocycles. The van der Waals surface area contributed by atoms with Crippen LogP contribution in [0.2, 0.25) is 0 Å². The normalized spacial score (nSPS) is 17.1. The Kier molecular flexibility index (Phi) is 4.89. The molecule has 1 fully saturated rings. The van der Waals surface area contributed by atoms with Crippen molar-refractivity contribution in [2.75, 3.05) is 18.6 Å². The lowest BCUT2D eigenvalue weighted by Crippen LogP contribution is -2.33. The van der Waals surface area contributed by atoms with Crippen molar-refractivity contribution in [3.05, 3.63) is 39.8 Å².